The summed E-state index contributed by atoms with van der Waals surface area (Å²) in [6.07, 6.45) is -1.04. The van der Waals surface area contributed by atoms with Gasteiger partial charge in [-0.2, -0.15) is 0 Å². The summed E-state index contributed by atoms with van der Waals surface area (Å²) in [7, 11) is 0. The van der Waals surface area contributed by atoms with Crippen molar-refractivity contribution in [2.24, 2.45) is 0 Å². The highest BCUT2D eigenvalue weighted by Crippen LogP contribution is 2.26. The molecule has 0 amide bonds. The minimum absolute atomic E-state index is 0.00898. The molecule has 3 heterocycles. The van der Waals surface area contributed by atoms with E-state index in [2.05, 4.69) is 20.3 Å². The van der Waals surface area contributed by atoms with Crippen molar-refractivity contribution < 1.29 is 13.5 Å². The molecule has 1 N–H and O–H groups in total. The Morgan fingerprint density at radius 2 is 2.04 bits per heavy atom. The van der Waals surface area contributed by atoms with Gasteiger partial charge >= 0.3 is 0 Å². The van der Waals surface area contributed by atoms with E-state index in [4.69, 9.17) is 16.3 Å². The molecule has 3 rings (SSSR count). The molecule has 8 heteroatoms. The third kappa shape index (κ3) is 3.80. The number of pyridine rings is 1. The van der Waals surface area contributed by atoms with E-state index in [1.807, 2.05) is 6.92 Å². The van der Waals surface area contributed by atoms with E-state index >= 15 is 0 Å². The Kier molecular flexibility index (Phi) is 4.79. The van der Waals surface area contributed by atoms with Crippen molar-refractivity contribution in [1.82, 2.24) is 20.3 Å². The van der Waals surface area contributed by atoms with Crippen LogP contribution in [0.15, 0.2) is 24.5 Å². The van der Waals surface area contributed by atoms with E-state index in [9.17, 15) is 8.78 Å². The fourth-order valence-electron chi connectivity index (χ4n) is 2.45. The summed E-state index contributed by atoms with van der Waals surface area (Å²) in [5.74, 6) is 0. The molecule has 1 aliphatic rings. The molecule has 0 aliphatic carbocycles. The average Bonchev–Trinajstić information content (AvgIpc) is 2.54. The number of rotatable bonds is 3. The van der Waals surface area contributed by atoms with Crippen LogP contribution in [0.25, 0.3) is 11.4 Å². The van der Waals surface area contributed by atoms with E-state index in [1.165, 1.54) is 6.33 Å². The molecule has 1 fully saturated rings. The monoisotopic (exact) mass is 340 g/mol. The fourth-order valence-corrected chi connectivity index (χ4v) is 2.67. The predicted molar refractivity (Wildman–Crippen MR) is 81.5 cm³/mol. The Hall–Kier alpha value is -1.70. The first-order valence-electron chi connectivity index (χ1n) is 7.11. The lowest BCUT2D eigenvalue weighted by Gasteiger charge is -2.31. The van der Waals surface area contributed by atoms with Crippen LogP contribution < -0.4 is 5.32 Å². The lowest BCUT2D eigenvalue weighted by atomic mass is 10.0. The van der Waals surface area contributed by atoms with Gasteiger partial charge in [-0.25, -0.2) is 23.7 Å². The van der Waals surface area contributed by atoms with E-state index in [1.54, 1.807) is 18.2 Å². The Morgan fingerprint density at radius 3 is 2.78 bits per heavy atom. The Labute approximate surface area is 137 Å². The first kappa shape index (κ1) is 16.2. The molecule has 1 saturated heterocycles. The summed E-state index contributed by atoms with van der Waals surface area (Å²) in [6.45, 7) is 2.14. The van der Waals surface area contributed by atoms with Gasteiger partial charge in [0.15, 0.2) is 0 Å². The number of aromatic nitrogens is 3. The standard InChI is InChI=1S/C15H15ClF2N4O/c1-8-2-10(20-7-19-8)11-3-9(4-14(16)22-11)12-5-23-6-13(21-12)15(17)18/h2-4,7,12-13,15,21H,5-6H2,1H3/t12-,13-/m0/s1. The molecule has 0 unspecified atom stereocenters. The smallest absolute Gasteiger partial charge is 0.255 e. The second kappa shape index (κ2) is 6.82. The van der Waals surface area contributed by atoms with Gasteiger partial charge in [0, 0.05) is 5.69 Å². The molecule has 0 saturated carbocycles. The van der Waals surface area contributed by atoms with Crippen LogP contribution >= 0.6 is 11.6 Å². The second-order valence-electron chi connectivity index (χ2n) is 5.35. The highest BCUT2D eigenvalue weighted by atomic mass is 35.5. The van der Waals surface area contributed by atoms with Gasteiger partial charge in [0.1, 0.15) is 11.5 Å². The largest absolute Gasteiger partial charge is 0.378 e. The van der Waals surface area contributed by atoms with Gasteiger partial charge in [-0.15, -0.1) is 0 Å². The normalized spacial score (nSPS) is 21.6. The van der Waals surface area contributed by atoms with Crippen LogP contribution in [0.2, 0.25) is 5.15 Å². The van der Waals surface area contributed by atoms with Crippen molar-refractivity contribution in [3.8, 4) is 11.4 Å². The number of hydrogen-bond acceptors (Lipinski definition) is 5. The zero-order valence-electron chi connectivity index (χ0n) is 12.3. The van der Waals surface area contributed by atoms with Crippen molar-refractivity contribution in [1.29, 1.82) is 0 Å². The minimum atomic E-state index is -2.49. The minimum Gasteiger partial charge on any atom is -0.378 e. The first-order valence-corrected chi connectivity index (χ1v) is 7.49. The number of hydrogen-bond donors (Lipinski definition) is 1. The molecule has 0 bridgehead atoms. The number of morpholine rings is 1. The lowest BCUT2D eigenvalue weighted by molar-refractivity contribution is -0.0176. The fraction of sp³-hybridized carbons (Fsp3) is 0.400. The molecule has 122 valence electrons. The van der Waals surface area contributed by atoms with Crippen molar-refractivity contribution >= 4 is 11.6 Å². The number of aryl methyl sites for hydroxylation is 1. The molecule has 0 spiro atoms. The lowest BCUT2D eigenvalue weighted by Crippen LogP contribution is -2.47. The summed E-state index contributed by atoms with van der Waals surface area (Å²) in [5.41, 5.74) is 2.74. The van der Waals surface area contributed by atoms with Gasteiger partial charge < -0.3 is 4.74 Å². The molecule has 1 aliphatic heterocycles. The third-order valence-corrected chi connectivity index (χ3v) is 3.78. The molecule has 5 nitrogen and oxygen atoms in total. The molecule has 0 radical (unpaired) electrons. The van der Waals surface area contributed by atoms with Crippen LogP contribution in [0.3, 0.4) is 0 Å². The Bertz CT molecular complexity index is 701. The van der Waals surface area contributed by atoms with Crippen LogP contribution in [0.1, 0.15) is 17.3 Å². The van der Waals surface area contributed by atoms with Crippen molar-refractivity contribution in [3.63, 3.8) is 0 Å². The third-order valence-electron chi connectivity index (χ3n) is 3.59. The van der Waals surface area contributed by atoms with Gasteiger partial charge in [-0.1, -0.05) is 11.6 Å². The van der Waals surface area contributed by atoms with Gasteiger partial charge in [0.05, 0.1) is 36.7 Å². The quantitative estimate of drug-likeness (QED) is 0.871. The molecule has 0 aromatic carbocycles. The van der Waals surface area contributed by atoms with E-state index in [-0.39, 0.29) is 17.8 Å². The zero-order chi connectivity index (χ0) is 16.4. The summed E-state index contributed by atoms with van der Waals surface area (Å²) < 4.78 is 31.0. The molecular formula is C15H15ClF2N4O. The summed E-state index contributed by atoms with van der Waals surface area (Å²) in [6, 6.07) is 3.85. The highest BCUT2D eigenvalue weighted by Gasteiger charge is 2.29. The number of alkyl halides is 2. The summed E-state index contributed by atoms with van der Waals surface area (Å²) >= 11 is 6.09. The predicted octanol–water partition coefficient (Wildman–Crippen LogP) is 2.80. The number of halogens is 3. The maximum atomic E-state index is 12.9. The molecule has 2 atom stereocenters. The maximum absolute atomic E-state index is 12.9. The van der Waals surface area contributed by atoms with Gasteiger partial charge in [0.2, 0.25) is 0 Å². The molecule has 2 aromatic heterocycles. The van der Waals surface area contributed by atoms with Crippen LogP contribution in [0, 0.1) is 6.92 Å². The molecular weight excluding hydrogens is 326 g/mol. The van der Waals surface area contributed by atoms with Gasteiger partial charge in [-0.05, 0) is 30.7 Å². The van der Waals surface area contributed by atoms with Crippen molar-refractivity contribution in [3.05, 3.63) is 40.9 Å². The topological polar surface area (TPSA) is 59.9 Å². The SMILES string of the molecule is Cc1cc(-c2cc([C@@H]3COC[C@@H](C(F)F)N3)cc(Cl)n2)ncn1. The van der Waals surface area contributed by atoms with Crippen LogP contribution in [0.4, 0.5) is 8.78 Å². The Balaban J connectivity index is 1.91. The highest BCUT2D eigenvalue weighted by molar-refractivity contribution is 6.29. The second-order valence-corrected chi connectivity index (χ2v) is 5.74. The van der Waals surface area contributed by atoms with Crippen molar-refractivity contribution in [2.75, 3.05) is 13.2 Å². The van der Waals surface area contributed by atoms with Crippen molar-refractivity contribution in [2.45, 2.75) is 25.4 Å². The summed E-state index contributed by atoms with van der Waals surface area (Å²) in [5, 5.41) is 3.17. The van der Waals surface area contributed by atoms with Crippen LogP contribution in [-0.4, -0.2) is 40.6 Å². The summed E-state index contributed by atoms with van der Waals surface area (Å²) in [4.78, 5) is 12.5. The van der Waals surface area contributed by atoms with E-state index in [0.29, 0.717) is 18.0 Å². The molecule has 23 heavy (non-hydrogen) atoms. The van der Waals surface area contributed by atoms with E-state index < -0.39 is 12.5 Å². The first-order chi connectivity index (χ1) is 11.0. The van der Waals surface area contributed by atoms with Crippen LogP contribution in [-0.2, 0) is 4.74 Å². The van der Waals surface area contributed by atoms with E-state index in [0.717, 1.165) is 11.3 Å². The Morgan fingerprint density at radius 1 is 1.22 bits per heavy atom. The average molecular weight is 341 g/mol. The number of nitrogens with zero attached hydrogens (tertiary/aromatic N) is 3. The van der Waals surface area contributed by atoms with Crippen LogP contribution in [0.5, 0.6) is 0 Å². The van der Waals surface area contributed by atoms with Gasteiger partial charge in [-0.3, -0.25) is 5.32 Å². The zero-order valence-corrected chi connectivity index (χ0v) is 13.1. The maximum Gasteiger partial charge on any atom is 0.255 e. The van der Waals surface area contributed by atoms with Gasteiger partial charge in [0.25, 0.3) is 6.43 Å². The number of ether oxygens (including phenoxy) is 1. The number of nitrogens with one attached hydrogen (secondary N) is 1. The molecule has 2 aromatic rings.